The smallest absolute Gasteiger partial charge is 0.412 e. The van der Waals surface area contributed by atoms with Gasteiger partial charge in [0.25, 0.3) is 0 Å². The van der Waals surface area contributed by atoms with Gasteiger partial charge in [-0.05, 0) is 0 Å². The average molecular weight is 114 g/mol. The Balaban J connectivity index is -0.0000000450. The minimum atomic E-state index is 0. The van der Waals surface area contributed by atoms with Crippen LogP contribution < -0.4 is 51.4 Å². The van der Waals surface area contributed by atoms with E-state index in [-0.39, 0.29) is 56.9 Å². The van der Waals surface area contributed by atoms with E-state index in [1.165, 1.54) is 6.42 Å². The van der Waals surface area contributed by atoms with Gasteiger partial charge in [0.1, 0.15) is 0 Å². The van der Waals surface area contributed by atoms with E-state index in [0.29, 0.717) is 0 Å². The molecule has 0 rings (SSSR count). The molecule has 0 aliphatic rings. The van der Waals surface area contributed by atoms with Crippen LogP contribution in [-0.2, 0) is 0 Å². The molecule has 0 radical (unpaired) electrons. The minimum absolute atomic E-state index is 0. The molecule has 0 aromatic heterocycles. The molecule has 2 heteroatoms. The van der Waals surface area contributed by atoms with E-state index in [1.807, 2.05) is 0 Å². The molecule has 0 aromatic rings. The van der Waals surface area contributed by atoms with Crippen molar-refractivity contribution in [1.82, 2.24) is 0 Å². The van der Waals surface area contributed by atoms with Crippen LogP contribution in [0, 0.1) is 6.42 Å². The maximum absolute atomic E-state index is 2.12. The third-order valence-corrected chi connectivity index (χ3v) is 0.408. The van der Waals surface area contributed by atoms with Crippen LogP contribution in [0.5, 0.6) is 0 Å². The van der Waals surface area contributed by atoms with E-state index < -0.39 is 0 Å². The van der Waals surface area contributed by atoms with Crippen LogP contribution in [0.3, 0.4) is 0 Å². The molecule has 0 spiro atoms. The van der Waals surface area contributed by atoms with Gasteiger partial charge in [-0.15, -0.1) is 0 Å². The van der Waals surface area contributed by atoms with Crippen molar-refractivity contribution in [2.75, 3.05) is 0 Å². The molecule has 34 valence electrons. The van der Waals surface area contributed by atoms with Crippen molar-refractivity contribution >= 4 is 0 Å². The predicted molar refractivity (Wildman–Crippen MR) is 23.9 cm³/mol. The maximum atomic E-state index is 2.12. The summed E-state index contributed by atoms with van der Waals surface area (Å²) >= 11 is 0. The zero-order valence-corrected chi connectivity index (χ0v) is 7.91. The van der Waals surface area contributed by atoms with Gasteiger partial charge in [0.15, 0.2) is 0 Å². The molecule has 0 saturated heterocycles. The fourth-order valence-electron chi connectivity index (χ4n) is 0. The van der Waals surface area contributed by atoms with Gasteiger partial charge in [-0.3, -0.25) is 0 Å². The Labute approximate surface area is 82.2 Å². The molecule has 0 saturated carbocycles. The SMILES string of the molecule is C[CH-]CC.O.[K+]. The van der Waals surface area contributed by atoms with Gasteiger partial charge in [-0.2, -0.15) is 13.3 Å². The molecule has 6 heavy (non-hydrogen) atoms. The normalized spacial score (nSPS) is 5.00. The fourth-order valence-corrected chi connectivity index (χ4v) is 0. The Morgan fingerprint density at radius 2 is 1.67 bits per heavy atom. The van der Waals surface area contributed by atoms with Gasteiger partial charge in [0.05, 0.1) is 0 Å². The van der Waals surface area contributed by atoms with Crippen molar-refractivity contribution in [3.8, 4) is 0 Å². The molecular weight excluding hydrogens is 103 g/mol. The summed E-state index contributed by atoms with van der Waals surface area (Å²) in [5.41, 5.74) is 0. The van der Waals surface area contributed by atoms with Crippen molar-refractivity contribution in [2.24, 2.45) is 0 Å². The first-order valence-corrected chi connectivity index (χ1v) is 1.69. The molecule has 2 N–H and O–H groups in total. The Morgan fingerprint density at radius 3 is 1.67 bits per heavy atom. The van der Waals surface area contributed by atoms with E-state index >= 15 is 0 Å². The van der Waals surface area contributed by atoms with Crippen molar-refractivity contribution in [2.45, 2.75) is 20.3 Å². The summed E-state index contributed by atoms with van der Waals surface area (Å²) in [6, 6.07) is 0. The average Bonchev–Trinajstić information content (AvgIpc) is 1.37. The van der Waals surface area contributed by atoms with Gasteiger partial charge in [-0.1, -0.05) is 6.92 Å². The van der Waals surface area contributed by atoms with E-state index in [2.05, 4.69) is 20.3 Å². The Hall–Kier alpha value is 1.60. The summed E-state index contributed by atoms with van der Waals surface area (Å²) in [5.74, 6) is 0. The Bertz CT molecular complexity index is 9.51. The van der Waals surface area contributed by atoms with Gasteiger partial charge >= 0.3 is 51.4 Å². The number of hydrogen-bond donors (Lipinski definition) is 0. The molecule has 0 atom stereocenters. The Kier molecular flexibility index (Phi) is 41.7. The molecule has 0 heterocycles. The van der Waals surface area contributed by atoms with E-state index in [9.17, 15) is 0 Å². The van der Waals surface area contributed by atoms with Crippen LogP contribution in [0.15, 0.2) is 0 Å². The first-order chi connectivity index (χ1) is 1.91. The monoisotopic (exact) mass is 114 g/mol. The third-order valence-electron chi connectivity index (χ3n) is 0.408. The molecular formula is C4H11KO. The zero-order valence-electron chi connectivity index (χ0n) is 4.78. The van der Waals surface area contributed by atoms with E-state index in [4.69, 9.17) is 0 Å². The van der Waals surface area contributed by atoms with E-state index in [1.54, 1.807) is 0 Å². The summed E-state index contributed by atoms with van der Waals surface area (Å²) in [5, 5.41) is 0. The summed E-state index contributed by atoms with van der Waals surface area (Å²) < 4.78 is 0. The molecule has 1 nitrogen and oxygen atoms in total. The molecule has 0 fully saturated rings. The first-order valence-electron chi connectivity index (χ1n) is 1.69. The van der Waals surface area contributed by atoms with Crippen molar-refractivity contribution in [3.63, 3.8) is 0 Å². The van der Waals surface area contributed by atoms with Crippen molar-refractivity contribution in [3.05, 3.63) is 6.42 Å². The zero-order chi connectivity index (χ0) is 3.41. The van der Waals surface area contributed by atoms with Crippen LogP contribution in [0.25, 0.3) is 0 Å². The van der Waals surface area contributed by atoms with Crippen molar-refractivity contribution < 1.29 is 56.9 Å². The number of rotatable bonds is 1. The number of hydrogen-bond acceptors (Lipinski definition) is 0. The summed E-state index contributed by atoms with van der Waals surface area (Å²) in [6.45, 7) is 4.18. The topological polar surface area (TPSA) is 31.5 Å². The van der Waals surface area contributed by atoms with Gasteiger partial charge in [0.2, 0.25) is 0 Å². The maximum Gasteiger partial charge on any atom is 1.00 e. The standard InChI is InChI=1S/C4H9.K.H2O/c1-3-4-2;;/h3H,4H2,1-2H3;;1H2/q-1;+1;. The van der Waals surface area contributed by atoms with Crippen LogP contribution >= 0.6 is 0 Å². The summed E-state index contributed by atoms with van der Waals surface area (Å²) in [6.07, 6.45) is 3.32. The molecule has 0 aliphatic heterocycles. The molecule has 0 unspecified atom stereocenters. The Morgan fingerprint density at radius 1 is 1.50 bits per heavy atom. The molecule has 0 amide bonds. The van der Waals surface area contributed by atoms with Crippen LogP contribution in [0.1, 0.15) is 20.3 Å². The van der Waals surface area contributed by atoms with Crippen LogP contribution in [0.2, 0.25) is 0 Å². The minimum Gasteiger partial charge on any atom is -0.412 e. The van der Waals surface area contributed by atoms with Gasteiger partial charge in [0, 0.05) is 0 Å². The van der Waals surface area contributed by atoms with Crippen LogP contribution in [-0.4, -0.2) is 5.48 Å². The van der Waals surface area contributed by atoms with Gasteiger partial charge in [-0.25, -0.2) is 0 Å². The second-order valence-corrected chi connectivity index (χ2v) is 0.816. The number of unbranched alkanes of at least 4 members (excludes halogenated alkanes) is 1. The van der Waals surface area contributed by atoms with E-state index in [0.717, 1.165) is 0 Å². The van der Waals surface area contributed by atoms with Crippen molar-refractivity contribution in [1.29, 1.82) is 0 Å². The third kappa shape index (κ3) is 17.5. The summed E-state index contributed by atoms with van der Waals surface area (Å²) in [7, 11) is 0. The second kappa shape index (κ2) is 16.0. The molecule has 0 bridgehead atoms. The van der Waals surface area contributed by atoms with Crippen LogP contribution in [0.4, 0.5) is 0 Å². The largest absolute Gasteiger partial charge is 1.00 e. The predicted octanol–water partition coefficient (Wildman–Crippen LogP) is -2.20. The molecule has 0 aliphatic carbocycles. The fraction of sp³-hybridized carbons (Fsp3) is 0.750. The molecule has 0 aromatic carbocycles. The van der Waals surface area contributed by atoms with Gasteiger partial charge < -0.3 is 11.9 Å². The summed E-state index contributed by atoms with van der Waals surface area (Å²) in [4.78, 5) is 0. The second-order valence-electron chi connectivity index (χ2n) is 0.816. The first kappa shape index (κ1) is 15.6. The quantitative estimate of drug-likeness (QED) is 0.274.